The maximum Gasteiger partial charge on any atom is 0.333 e. The van der Waals surface area contributed by atoms with Crippen molar-refractivity contribution in [1.29, 1.82) is 0 Å². The molecular formula is C61H44BN3S3. The molecule has 0 N–H and O–H groups in total. The van der Waals surface area contributed by atoms with Crippen molar-refractivity contribution in [3.63, 3.8) is 0 Å². The van der Waals surface area contributed by atoms with E-state index >= 15 is 0 Å². The number of rotatable bonds is 5. The van der Waals surface area contributed by atoms with Gasteiger partial charge < -0.3 is 14.3 Å². The van der Waals surface area contributed by atoms with Crippen LogP contribution >= 0.6 is 34.9 Å². The molecule has 324 valence electrons. The average Bonchev–Trinajstić information content (AvgIpc) is 3.90. The van der Waals surface area contributed by atoms with Gasteiger partial charge in [0.1, 0.15) is 0 Å². The standard InChI is InChI=1S/C61H44BN3S3/c1-37-30-45-46-33-42(63(40-20-10-6-11-21-40)41-22-12-7-13-23-41)34-47-58(46)65(59-43-24-14-15-25-52(43)68-60(47)59)62-48-35-55-56(67-54-27-17-16-26-53(54)66-55)36-50(48)64(51(31-37)57(45)62)49-29-28-39(61(2,3)4)32-44(49)38-18-8-5-9-19-38/h5-36H,1-4H3. The Kier molecular flexibility index (Phi) is 8.90. The van der Waals surface area contributed by atoms with Crippen LogP contribution < -0.4 is 20.7 Å². The van der Waals surface area contributed by atoms with Gasteiger partial charge in [-0.05, 0) is 130 Å². The molecule has 11 aromatic rings. The monoisotopic (exact) mass is 925 g/mol. The molecule has 2 aromatic heterocycles. The molecule has 14 rings (SSSR count). The second-order valence-corrected chi connectivity index (χ2v) is 22.6. The van der Waals surface area contributed by atoms with Gasteiger partial charge >= 0.3 is 6.85 Å². The summed E-state index contributed by atoms with van der Waals surface area (Å²) < 4.78 is 5.41. The number of aromatic nitrogens is 1. The first-order chi connectivity index (χ1) is 33.3. The minimum absolute atomic E-state index is 0.0287. The van der Waals surface area contributed by atoms with Crippen molar-refractivity contribution in [2.24, 2.45) is 0 Å². The molecule has 0 saturated heterocycles. The fourth-order valence-corrected chi connectivity index (χ4v) is 14.6. The van der Waals surface area contributed by atoms with Crippen LogP contribution in [-0.4, -0.2) is 11.3 Å². The molecule has 0 radical (unpaired) electrons. The van der Waals surface area contributed by atoms with Crippen LogP contribution in [-0.2, 0) is 5.41 Å². The van der Waals surface area contributed by atoms with Crippen molar-refractivity contribution in [3.8, 4) is 22.3 Å². The van der Waals surface area contributed by atoms with Gasteiger partial charge in [0.2, 0.25) is 0 Å². The minimum Gasteiger partial charge on any atom is -0.374 e. The highest BCUT2D eigenvalue weighted by molar-refractivity contribution is 8.05. The summed E-state index contributed by atoms with van der Waals surface area (Å²) in [4.78, 5) is 10.3. The maximum absolute atomic E-state index is 2.76. The number of hydrogen-bond donors (Lipinski definition) is 0. The van der Waals surface area contributed by atoms with E-state index in [9.17, 15) is 0 Å². The Labute approximate surface area is 409 Å². The first-order valence-electron chi connectivity index (χ1n) is 23.4. The molecule has 0 spiro atoms. The van der Waals surface area contributed by atoms with E-state index in [1.54, 1.807) is 0 Å². The summed E-state index contributed by atoms with van der Waals surface area (Å²) in [6.45, 7) is 9.18. The van der Waals surface area contributed by atoms with E-state index in [-0.39, 0.29) is 12.3 Å². The van der Waals surface area contributed by atoms with E-state index in [0.717, 1.165) is 17.1 Å². The highest BCUT2D eigenvalue weighted by Crippen LogP contribution is 2.55. The lowest BCUT2D eigenvalue weighted by Crippen LogP contribution is -2.56. The predicted octanol–water partition coefficient (Wildman–Crippen LogP) is 16.8. The van der Waals surface area contributed by atoms with Crippen molar-refractivity contribution in [2.75, 3.05) is 9.80 Å². The fraction of sp³-hybridized carbons (Fsp3) is 0.0820. The van der Waals surface area contributed by atoms with Gasteiger partial charge in [0.05, 0.1) is 15.9 Å². The number of benzene rings is 9. The van der Waals surface area contributed by atoms with Crippen LogP contribution in [0.3, 0.4) is 0 Å². The second kappa shape index (κ2) is 15.1. The molecule has 0 fully saturated rings. The summed E-state index contributed by atoms with van der Waals surface area (Å²) in [6, 6.07) is 72.9. The molecule has 0 aliphatic carbocycles. The molecule has 3 nitrogen and oxygen atoms in total. The summed E-state index contributed by atoms with van der Waals surface area (Å²) >= 11 is 5.75. The third kappa shape index (κ3) is 6.02. The van der Waals surface area contributed by atoms with Crippen molar-refractivity contribution in [3.05, 3.63) is 205 Å². The topological polar surface area (TPSA) is 11.4 Å². The highest BCUT2D eigenvalue weighted by Gasteiger charge is 2.45. The SMILES string of the molecule is Cc1cc2c3c(c1)N(c1ccc(C(C)(C)C)cc1-c1ccccc1)c1cc4c(cc1B3n1c3c-2cc(N(c2ccccc2)c2ccccc2)cc3c2sc3ccccc3c21)Sc1ccccc1S4. The van der Waals surface area contributed by atoms with Crippen molar-refractivity contribution in [1.82, 2.24) is 4.48 Å². The molecular weight excluding hydrogens is 882 g/mol. The molecule has 9 aromatic carbocycles. The van der Waals surface area contributed by atoms with Gasteiger partial charge in [-0.3, -0.25) is 0 Å². The molecule has 3 aliphatic heterocycles. The Morgan fingerprint density at radius 1 is 0.485 bits per heavy atom. The van der Waals surface area contributed by atoms with Gasteiger partial charge in [-0.15, -0.1) is 11.3 Å². The van der Waals surface area contributed by atoms with Crippen LogP contribution in [0.1, 0.15) is 31.9 Å². The van der Waals surface area contributed by atoms with Gasteiger partial charge in [0.15, 0.2) is 0 Å². The summed E-state index contributed by atoms with van der Waals surface area (Å²) in [5.41, 5.74) is 19.9. The highest BCUT2D eigenvalue weighted by atomic mass is 32.2. The van der Waals surface area contributed by atoms with Crippen molar-refractivity contribution < 1.29 is 0 Å². The Bertz CT molecular complexity index is 3830. The summed E-state index contributed by atoms with van der Waals surface area (Å²) in [5, 5.41) is 2.60. The predicted molar refractivity (Wildman–Crippen MR) is 294 cm³/mol. The van der Waals surface area contributed by atoms with E-state index in [0.29, 0.717) is 0 Å². The van der Waals surface area contributed by atoms with E-state index in [1.807, 2.05) is 34.9 Å². The lowest BCUT2D eigenvalue weighted by molar-refractivity contribution is 0.590. The first kappa shape index (κ1) is 40.2. The van der Waals surface area contributed by atoms with Crippen LogP contribution in [0.4, 0.5) is 34.1 Å². The molecule has 5 heterocycles. The zero-order chi connectivity index (χ0) is 45.4. The van der Waals surface area contributed by atoms with Gasteiger partial charge in [0.25, 0.3) is 0 Å². The Morgan fingerprint density at radius 3 is 1.84 bits per heavy atom. The largest absolute Gasteiger partial charge is 0.374 e. The summed E-state index contributed by atoms with van der Waals surface area (Å²) in [7, 11) is 0. The zero-order valence-electron chi connectivity index (χ0n) is 38.1. The van der Waals surface area contributed by atoms with Gasteiger partial charge in [-0.2, -0.15) is 0 Å². The fourth-order valence-electron chi connectivity index (χ4n) is 11.1. The normalized spacial score (nSPS) is 13.4. The number of anilines is 6. The second-order valence-electron chi connectivity index (χ2n) is 19.4. The third-order valence-corrected chi connectivity index (χ3v) is 17.9. The molecule has 0 saturated carbocycles. The minimum atomic E-state index is -0.0790. The lowest BCUT2D eigenvalue weighted by atomic mass is 9.45. The molecule has 68 heavy (non-hydrogen) atoms. The Balaban J connectivity index is 1.12. The van der Waals surface area contributed by atoms with Crippen LogP contribution in [0, 0.1) is 6.92 Å². The number of thiophene rings is 1. The van der Waals surface area contributed by atoms with E-state index < -0.39 is 0 Å². The molecule has 0 atom stereocenters. The molecule has 3 aliphatic rings. The number of para-hydroxylation sites is 2. The van der Waals surface area contributed by atoms with Crippen LogP contribution in [0.25, 0.3) is 53.5 Å². The van der Waals surface area contributed by atoms with E-state index in [1.165, 1.54) is 112 Å². The molecule has 0 amide bonds. The third-order valence-electron chi connectivity index (χ3n) is 14.1. The van der Waals surface area contributed by atoms with Crippen LogP contribution in [0.15, 0.2) is 214 Å². The Morgan fingerprint density at radius 2 is 1.13 bits per heavy atom. The average molecular weight is 926 g/mol. The first-order valence-corrected chi connectivity index (χ1v) is 25.9. The smallest absolute Gasteiger partial charge is 0.333 e. The van der Waals surface area contributed by atoms with Crippen LogP contribution in [0.2, 0.25) is 0 Å². The Hall–Kier alpha value is -6.90. The summed E-state index contributed by atoms with van der Waals surface area (Å²) in [6.07, 6.45) is 0. The number of fused-ring (bicyclic) bond motifs is 11. The molecule has 0 bridgehead atoms. The number of aryl methyl sites for hydroxylation is 1. The van der Waals surface area contributed by atoms with E-state index in [4.69, 9.17) is 0 Å². The zero-order valence-corrected chi connectivity index (χ0v) is 40.6. The van der Waals surface area contributed by atoms with Gasteiger partial charge in [0, 0.05) is 80.1 Å². The summed E-state index contributed by atoms with van der Waals surface area (Å²) in [5.74, 6) is 0. The number of hydrogen-bond acceptors (Lipinski definition) is 5. The van der Waals surface area contributed by atoms with Crippen molar-refractivity contribution >= 4 is 118 Å². The number of nitrogens with zero attached hydrogens (tertiary/aromatic N) is 3. The molecule has 0 unspecified atom stereocenters. The lowest BCUT2D eigenvalue weighted by Gasteiger charge is -2.42. The maximum atomic E-state index is 2.76. The van der Waals surface area contributed by atoms with Crippen LogP contribution in [0.5, 0.6) is 0 Å². The quantitative estimate of drug-likeness (QED) is 0.159. The van der Waals surface area contributed by atoms with Crippen molar-refractivity contribution in [2.45, 2.75) is 52.7 Å². The van der Waals surface area contributed by atoms with E-state index in [2.05, 4.69) is 236 Å². The molecule has 7 heteroatoms. The van der Waals surface area contributed by atoms with Gasteiger partial charge in [-0.25, -0.2) is 0 Å². The van der Waals surface area contributed by atoms with Gasteiger partial charge in [-0.1, -0.05) is 153 Å².